The summed E-state index contributed by atoms with van der Waals surface area (Å²) in [5.41, 5.74) is -0.207. The van der Waals surface area contributed by atoms with Crippen LogP contribution < -0.4 is 0 Å². The van der Waals surface area contributed by atoms with Gasteiger partial charge in [-0.15, -0.1) is 0 Å². The van der Waals surface area contributed by atoms with Crippen molar-refractivity contribution < 1.29 is 27.9 Å². The maximum absolute atomic E-state index is 12.6. The van der Waals surface area contributed by atoms with E-state index in [4.69, 9.17) is 5.11 Å². The molecule has 0 unspecified atom stereocenters. The summed E-state index contributed by atoms with van der Waals surface area (Å²) in [5, 5.41) is 8.67. The van der Waals surface area contributed by atoms with Gasteiger partial charge < -0.3 is 10.0 Å². The molecule has 0 radical (unpaired) electrons. The van der Waals surface area contributed by atoms with Crippen LogP contribution in [0.15, 0.2) is 24.3 Å². The van der Waals surface area contributed by atoms with Gasteiger partial charge >= 0.3 is 12.1 Å². The van der Waals surface area contributed by atoms with Crippen molar-refractivity contribution in [1.82, 2.24) is 4.90 Å². The van der Waals surface area contributed by atoms with E-state index in [0.29, 0.717) is 18.4 Å². The topological polar surface area (TPSA) is 57.6 Å². The van der Waals surface area contributed by atoms with Gasteiger partial charge in [-0.25, -0.2) is 0 Å². The van der Waals surface area contributed by atoms with Crippen LogP contribution in [0.1, 0.15) is 30.9 Å². The van der Waals surface area contributed by atoms with Crippen LogP contribution >= 0.6 is 0 Å². The number of alkyl halides is 3. The number of likely N-dealkylation sites (N-methyl/N-ethyl adjacent to an activating group) is 1. The van der Waals surface area contributed by atoms with Gasteiger partial charge in [0.15, 0.2) is 0 Å². The molecule has 22 heavy (non-hydrogen) atoms. The summed E-state index contributed by atoms with van der Waals surface area (Å²) in [6.07, 6.45) is -3.57. The molecule has 0 aliphatic heterocycles. The highest BCUT2D eigenvalue weighted by Crippen LogP contribution is 2.29. The third-order valence-corrected chi connectivity index (χ3v) is 3.17. The molecule has 1 aromatic rings. The van der Waals surface area contributed by atoms with E-state index < -0.39 is 17.7 Å². The number of benzene rings is 1. The molecule has 0 bridgehead atoms. The van der Waals surface area contributed by atoms with Crippen molar-refractivity contribution in [3.63, 3.8) is 0 Å². The van der Waals surface area contributed by atoms with E-state index in [1.165, 1.54) is 11.0 Å². The molecule has 1 rings (SSSR count). The molecule has 0 aromatic heterocycles. The Bertz CT molecular complexity index is 529. The zero-order chi connectivity index (χ0) is 16.8. The zero-order valence-electron chi connectivity index (χ0n) is 12.2. The molecular formula is C15H18F3NO3. The summed E-state index contributed by atoms with van der Waals surface area (Å²) in [6.45, 7) is 1.60. The molecule has 0 atom stereocenters. The van der Waals surface area contributed by atoms with Crippen LogP contribution in [0, 0.1) is 0 Å². The summed E-state index contributed by atoms with van der Waals surface area (Å²) in [7, 11) is 0. The van der Waals surface area contributed by atoms with Gasteiger partial charge in [-0.05, 0) is 31.4 Å². The fourth-order valence-electron chi connectivity index (χ4n) is 2.04. The Labute approximate surface area is 126 Å². The Hall–Kier alpha value is -2.05. The van der Waals surface area contributed by atoms with Crippen LogP contribution in [0.2, 0.25) is 0 Å². The number of halogens is 3. The largest absolute Gasteiger partial charge is 0.480 e. The number of aryl methyl sites for hydroxylation is 1. The fourth-order valence-corrected chi connectivity index (χ4v) is 2.04. The molecule has 7 heteroatoms. The number of carboxylic acids is 1. The van der Waals surface area contributed by atoms with Gasteiger partial charge in [-0.3, -0.25) is 9.59 Å². The van der Waals surface area contributed by atoms with Gasteiger partial charge in [0.2, 0.25) is 5.91 Å². The summed E-state index contributed by atoms with van der Waals surface area (Å²) in [4.78, 5) is 23.6. The number of rotatable bonds is 7. The van der Waals surface area contributed by atoms with Crippen molar-refractivity contribution in [2.75, 3.05) is 13.1 Å². The van der Waals surface area contributed by atoms with Gasteiger partial charge in [0.05, 0.1) is 5.56 Å². The number of hydrogen-bond donors (Lipinski definition) is 1. The van der Waals surface area contributed by atoms with Gasteiger partial charge in [0.1, 0.15) is 6.54 Å². The summed E-state index contributed by atoms with van der Waals surface area (Å²) >= 11 is 0. The number of aliphatic carboxylic acids is 1. The average Bonchev–Trinajstić information content (AvgIpc) is 2.43. The van der Waals surface area contributed by atoms with E-state index in [9.17, 15) is 22.8 Å². The lowest BCUT2D eigenvalue weighted by molar-refractivity contribution is -0.144. The summed E-state index contributed by atoms with van der Waals surface area (Å²) in [5.74, 6) is -1.40. The second kappa shape index (κ2) is 7.82. The van der Waals surface area contributed by atoms with E-state index >= 15 is 0 Å². The molecule has 1 amide bonds. The molecule has 0 aliphatic carbocycles. The van der Waals surface area contributed by atoms with Gasteiger partial charge in [-0.2, -0.15) is 13.2 Å². The van der Waals surface area contributed by atoms with Crippen molar-refractivity contribution in [3.8, 4) is 0 Å². The molecule has 1 N–H and O–H groups in total. The number of amides is 1. The molecule has 0 aliphatic rings. The Balaban J connectivity index is 2.53. The number of carbonyl (C=O) groups is 2. The average molecular weight is 317 g/mol. The quantitative estimate of drug-likeness (QED) is 0.841. The number of nitrogens with zero attached hydrogens (tertiary/aromatic N) is 1. The van der Waals surface area contributed by atoms with Crippen LogP contribution in [0.25, 0.3) is 0 Å². The lowest BCUT2D eigenvalue weighted by Crippen LogP contribution is -2.35. The first-order valence-corrected chi connectivity index (χ1v) is 6.89. The minimum absolute atomic E-state index is 0.108. The predicted octanol–water partition coefficient (Wildman–Crippen LogP) is 2.96. The van der Waals surface area contributed by atoms with Crippen LogP contribution in [-0.4, -0.2) is 35.0 Å². The Kier molecular flexibility index (Phi) is 6.39. The van der Waals surface area contributed by atoms with Crippen molar-refractivity contribution in [2.24, 2.45) is 0 Å². The SMILES string of the molecule is CCN(CC(=O)O)C(=O)CCCc1cccc(C(F)(F)F)c1. The normalized spacial score (nSPS) is 11.3. The molecule has 122 valence electrons. The van der Waals surface area contributed by atoms with Crippen molar-refractivity contribution >= 4 is 11.9 Å². The van der Waals surface area contributed by atoms with E-state index in [2.05, 4.69) is 0 Å². The Morgan fingerprint density at radius 2 is 1.95 bits per heavy atom. The summed E-state index contributed by atoms with van der Waals surface area (Å²) in [6, 6.07) is 4.98. The fraction of sp³-hybridized carbons (Fsp3) is 0.467. The molecule has 0 heterocycles. The second-order valence-corrected chi connectivity index (χ2v) is 4.85. The minimum Gasteiger partial charge on any atom is -0.480 e. The molecule has 0 spiro atoms. The number of carboxylic acid groups (broad SMARTS) is 1. The maximum Gasteiger partial charge on any atom is 0.416 e. The molecule has 4 nitrogen and oxygen atoms in total. The van der Waals surface area contributed by atoms with Crippen molar-refractivity contribution in [3.05, 3.63) is 35.4 Å². The van der Waals surface area contributed by atoms with Crippen LogP contribution in [0.5, 0.6) is 0 Å². The zero-order valence-corrected chi connectivity index (χ0v) is 12.2. The first-order valence-electron chi connectivity index (χ1n) is 6.89. The third-order valence-electron chi connectivity index (χ3n) is 3.17. The standard InChI is InChI=1S/C15H18F3NO3/c1-2-19(10-14(21)22)13(20)8-4-6-11-5-3-7-12(9-11)15(16,17)18/h3,5,7,9H,2,4,6,8,10H2,1H3,(H,21,22). The maximum atomic E-state index is 12.6. The van der Waals surface area contributed by atoms with Crippen LogP contribution in [0.3, 0.4) is 0 Å². The number of hydrogen-bond acceptors (Lipinski definition) is 2. The molecule has 0 fully saturated rings. The smallest absolute Gasteiger partial charge is 0.416 e. The number of carbonyl (C=O) groups excluding carboxylic acids is 1. The monoisotopic (exact) mass is 317 g/mol. The van der Waals surface area contributed by atoms with E-state index in [0.717, 1.165) is 12.1 Å². The first kappa shape index (κ1) is 18.0. The van der Waals surface area contributed by atoms with E-state index in [-0.39, 0.29) is 25.4 Å². The van der Waals surface area contributed by atoms with Crippen LogP contribution in [0.4, 0.5) is 13.2 Å². The molecule has 1 aromatic carbocycles. The molecule has 0 saturated heterocycles. The predicted molar refractivity (Wildman–Crippen MR) is 74.3 cm³/mol. The van der Waals surface area contributed by atoms with Crippen molar-refractivity contribution in [2.45, 2.75) is 32.4 Å². The lowest BCUT2D eigenvalue weighted by atomic mass is 10.0. The lowest BCUT2D eigenvalue weighted by Gasteiger charge is -2.18. The molecular weight excluding hydrogens is 299 g/mol. The van der Waals surface area contributed by atoms with Gasteiger partial charge in [0, 0.05) is 13.0 Å². The Morgan fingerprint density at radius 3 is 2.50 bits per heavy atom. The van der Waals surface area contributed by atoms with Crippen molar-refractivity contribution in [1.29, 1.82) is 0 Å². The highest BCUT2D eigenvalue weighted by molar-refractivity contribution is 5.81. The molecule has 0 saturated carbocycles. The third kappa shape index (κ3) is 5.75. The second-order valence-electron chi connectivity index (χ2n) is 4.85. The highest BCUT2D eigenvalue weighted by Gasteiger charge is 2.30. The van der Waals surface area contributed by atoms with Crippen LogP contribution in [-0.2, 0) is 22.2 Å². The van der Waals surface area contributed by atoms with Gasteiger partial charge in [0.25, 0.3) is 0 Å². The van der Waals surface area contributed by atoms with E-state index in [1.807, 2.05) is 0 Å². The minimum atomic E-state index is -4.38. The van der Waals surface area contributed by atoms with E-state index in [1.54, 1.807) is 13.0 Å². The summed E-state index contributed by atoms with van der Waals surface area (Å²) < 4.78 is 37.7. The Morgan fingerprint density at radius 1 is 1.27 bits per heavy atom. The van der Waals surface area contributed by atoms with Gasteiger partial charge in [-0.1, -0.05) is 18.2 Å². The highest BCUT2D eigenvalue weighted by atomic mass is 19.4. The first-order chi connectivity index (χ1) is 10.2.